The van der Waals surface area contributed by atoms with Gasteiger partial charge in [-0.2, -0.15) is 5.10 Å². The molecule has 0 fully saturated rings. The lowest BCUT2D eigenvalue weighted by molar-refractivity contribution is 0.102. The monoisotopic (exact) mass is 231 g/mol. The van der Waals surface area contributed by atoms with Crippen molar-refractivity contribution in [2.24, 2.45) is 0 Å². The molecule has 0 saturated heterocycles. The van der Waals surface area contributed by atoms with Crippen molar-refractivity contribution in [1.29, 1.82) is 0 Å². The van der Waals surface area contributed by atoms with Crippen molar-refractivity contribution in [3.63, 3.8) is 0 Å². The molecule has 0 unspecified atom stereocenters. The molecule has 0 saturated carbocycles. The fourth-order valence-corrected chi connectivity index (χ4v) is 1.56. The third-order valence-electron chi connectivity index (χ3n) is 2.24. The second kappa shape index (κ2) is 4.25. The third-order valence-corrected chi connectivity index (χ3v) is 2.24. The Balaban J connectivity index is 2.21. The lowest BCUT2D eigenvalue weighted by Gasteiger charge is -2.05. The molecule has 0 radical (unpaired) electrons. The number of H-pyrrole nitrogens is 1. The SMILES string of the molecule is Cc1cc(C)nc(NC(=O)c2[nH]ncc2N)c1. The van der Waals surface area contributed by atoms with Gasteiger partial charge in [0, 0.05) is 5.69 Å². The van der Waals surface area contributed by atoms with Crippen LogP contribution in [0.2, 0.25) is 0 Å². The number of rotatable bonds is 2. The predicted molar refractivity (Wildman–Crippen MR) is 64.7 cm³/mol. The van der Waals surface area contributed by atoms with E-state index in [2.05, 4.69) is 20.5 Å². The number of aryl methyl sites for hydroxylation is 2. The smallest absolute Gasteiger partial charge is 0.276 e. The molecule has 2 rings (SSSR count). The van der Waals surface area contributed by atoms with Crippen LogP contribution >= 0.6 is 0 Å². The minimum Gasteiger partial charge on any atom is -0.396 e. The zero-order valence-corrected chi connectivity index (χ0v) is 9.61. The average Bonchev–Trinajstić information content (AvgIpc) is 2.62. The second-order valence-electron chi connectivity index (χ2n) is 3.83. The summed E-state index contributed by atoms with van der Waals surface area (Å²) in [6.45, 7) is 3.81. The molecule has 0 aliphatic heterocycles. The highest BCUT2D eigenvalue weighted by molar-refractivity contribution is 6.05. The minimum atomic E-state index is -0.350. The number of nitrogens with zero attached hydrogens (tertiary/aromatic N) is 2. The summed E-state index contributed by atoms with van der Waals surface area (Å²) in [7, 11) is 0. The number of aromatic amines is 1. The highest BCUT2D eigenvalue weighted by Gasteiger charge is 2.12. The van der Waals surface area contributed by atoms with Crippen LogP contribution < -0.4 is 11.1 Å². The van der Waals surface area contributed by atoms with E-state index in [-0.39, 0.29) is 11.6 Å². The molecule has 2 aromatic rings. The molecular formula is C11H13N5O. The Hall–Kier alpha value is -2.37. The molecule has 6 heteroatoms. The van der Waals surface area contributed by atoms with Gasteiger partial charge in [0.05, 0.1) is 11.9 Å². The van der Waals surface area contributed by atoms with Crippen molar-refractivity contribution in [3.8, 4) is 0 Å². The van der Waals surface area contributed by atoms with Crippen molar-refractivity contribution in [2.75, 3.05) is 11.1 Å². The molecule has 0 aromatic carbocycles. The fraction of sp³-hybridized carbons (Fsp3) is 0.182. The lowest BCUT2D eigenvalue weighted by atomic mass is 10.2. The summed E-state index contributed by atoms with van der Waals surface area (Å²) in [5.74, 6) is 0.152. The number of pyridine rings is 1. The van der Waals surface area contributed by atoms with E-state index in [0.29, 0.717) is 11.5 Å². The Morgan fingerprint density at radius 1 is 1.41 bits per heavy atom. The van der Waals surface area contributed by atoms with Crippen molar-refractivity contribution in [1.82, 2.24) is 15.2 Å². The summed E-state index contributed by atoms with van der Waals surface area (Å²) in [5.41, 5.74) is 8.01. The Bertz CT molecular complexity index is 540. The van der Waals surface area contributed by atoms with Gasteiger partial charge < -0.3 is 11.1 Å². The van der Waals surface area contributed by atoms with E-state index in [0.717, 1.165) is 11.3 Å². The first-order valence-corrected chi connectivity index (χ1v) is 5.12. The molecular weight excluding hydrogens is 218 g/mol. The van der Waals surface area contributed by atoms with E-state index >= 15 is 0 Å². The molecule has 1 amide bonds. The number of hydrogen-bond donors (Lipinski definition) is 3. The summed E-state index contributed by atoms with van der Waals surface area (Å²) in [4.78, 5) is 16.0. The molecule has 4 N–H and O–H groups in total. The van der Waals surface area contributed by atoms with E-state index in [1.165, 1.54) is 6.20 Å². The number of aromatic nitrogens is 3. The standard InChI is InChI=1S/C11H13N5O/c1-6-3-7(2)14-9(4-6)15-11(17)10-8(12)5-13-16-10/h3-5H,12H2,1-2H3,(H,13,16)(H,14,15,17). The summed E-state index contributed by atoms with van der Waals surface area (Å²) in [6.07, 6.45) is 1.39. The third kappa shape index (κ3) is 2.41. The van der Waals surface area contributed by atoms with Gasteiger partial charge in [0.15, 0.2) is 0 Å². The van der Waals surface area contributed by atoms with Crippen LogP contribution in [-0.2, 0) is 0 Å². The van der Waals surface area contributed by atoms with Crippen molar-refractivity contribution in [2.45, 2.75) is 13.8 Å². The van der Waals surface area contributed by atoms with Crippen LogP contribution in [0, 0.1) is 13.8 Å². The zero-order chi connectivity index (χ0) is 12.4. The molecule has 0 atom stereocenters. The first-order valence-electron chi connectivity index (χ1n) is 5.12. The van der Waals surface area contributed by atoms with E-state index in [4.69, 9.17) is 5.73 Å². The average molecular weight is 231 g/mol. The first kappa shape index (κ1) is 11.1. The summed E-state index contributed by atoms with van der Waals surface area (Å²) >= 11 is 0. The van der Waals surface area contributed by atoms with Gasteiger partial charge in [-0.3, -0.25) is 9.89 Å². The van der Waals surface area contributed by atoms with E-state index in [1.54, 1.807) is 6.07 Å². The Morgan fingerprint density at radius 3 is 2.76 bits per heavy atom. The first-order chi connectivity index (χ1) is 8.06. The van der Waals surface area contributed by atoms with Gasteiger partial charge in [0.2, 0.25) is 0 Å². The molecule has 0 aliphatic carbocycles. The summed E-state index contributed by atoms with van der Waals surface area (Å²) in [6, 6.07) is 3.72. The number of nitrogens with one attached hydrogen (secondary N) is 2. The van der Waals surface area contributed by atoms with Crippen LogP contribution in [0.4, 0.5) is 11.5 Å². The molecule has 2 heterocycles. The number of carbonyl (C=O) groups is 1. The van der Waals surface area contributed by atoms with Crippen LogP contribution in [0.15, 0.2) is 18.3 Å². The Morgan fingerprint density at radius 2 is 2.18 bits per heavy atom. The van der Waals surface area contributed by atoms with Gasteiger partial charge >= 0.3 is 0 Å². The van der Waals surface area contributed by atoms with Gasteiger partial charge in [-0.05, 0) is 31.5 Å². The van der Waals surface area contributed by atoms with Crippen LogP contribution in [0.5, 0.6) is 0 Å². The van der Waals surface area contributed by atoms with Crippen molar-refractivity contribution >= 4 is 17.4 Å². The molecule has 0 aliphatic rings. The predicted octanol–water partition coefficient (Wildman–Crippen LogP) is 1.26. The topological polar surface area (TPSA) is 96.7 Å². The minimum absolute atomic E-state index is 0.242. The Labute approximate surface area is 98.3 Å². The van der Waals surface area contributed by atoms with Gasteiger partial charge in [-0.25, -0.2) is 4.98 Å². The molecule has 0 spiro atoms. The van der Waals surface area contributed by atoms with Gasteiger partial charge in [0.1, 0.15) is 11.5 Å². The van der Waals surface area contributed by atoms with Crippen molar-refractivity contribution < 1.29 is 4.79 Å². The van der Waals surface area contributed by atoms with E-state index in [1.807, 2.05) is 19.9 Å². The normalized spacial score (nSPS) is 10.2. The summed E-state index contributed by atoms with van der Waals surface area (Å²) in [5, 5.41) is 8.89. The van der Waals surface area contributed by atoms with Gasteiger partial charge in [0.25, 0.3) is 5.91 Å². The zero-order valence-electron chi connectivity index (χ0n) is 9.61. The number of amides is 1. The molecule has 0 bridgehead atoms. The number of nitrogens with two attached hydrogens (primary N) is 1. The van der Waals surface area contributed by atoms with Crippen molar-refractivity contribution in [3.05, 3.63) is 35.3 Å². The van der Waals surface area contributed by atoms with E-state index < -0.39 is 0 Å². The number of anilines is 2. The molecule has 88 valence electrons. The largest absolute Gasteiger partial charge is 0.396 e. The maximum absolute atomic E-state index is 11.8. The highest BCUT2D eigenvalue weighted by atomic mass is 16.2. The number of nitrogen functional groups attached to an aromatic ring is 1. The maximum Gasteiger partial charge on any atom is 0.276 e. The van der Waals surface area contributed by atoms with Crippen LogP contribution in [0.25, 0.3) is 0 Å². The van der Waals surface area contributed by atoms with Crippen LogP contribution in [0.1, 0.15) is 21.7 Å². The van der Waals surface area contributed by atoms with Crippen LogP contribution in [-0.4, -0.2) is 21.1 Å². The highest BCUT2D eigenvalue weighted by Crippen LogP contribution is 2.12. The van der Waals surface area contributed by atoms with Gasteiger partial charge in [-0.15, -0.1) is 0 Å². The second-order valence-corrected chi connectivity index (χ2v) is 3.83. The molecule has 2 aromatic heterocycles. The molecule has 6 nitrogen and oxygen atoms in total. The van der Waals surface area contributed by atoms with E-state index in [9.17, 15) is 4.79 Å². The maximum atomic E-state index is 11.8. The van der Waals surface area contributed by atoms with Crippen LogP contribution in [0.3, 0.4) is 0 Å². The Kier molecular flexibility index (Phi) is 2.78. The lowest BCUT2D eigenvalue weighted by Crippen LogP contribution is -2.15. The number of carbonyl (C=O) groups excluding carboxylic acids is 1. The quantitative estimate of drug-likeness (QED) is 0.724. The summed E-state index contributed by atoms with van der Waals surface area (Å²) < 4.78 is 0. The fourth-order valence-electron chi connectivity index (χ4n) is 1.56. The van der Waals surface area contributed by atoms with Gasteiger partial charge in [-0.1, -0.05) is 0 Å². The molecule has 17 heavy (non-hydrogen) atoms. The number of hydrogen-bond acceptors (Lipinski definition) is 4.